The van der Waals surface area contributed by atoms with E-state index in [-0.39, 0.29) is 11.8 Å². The number of halogens is 1. The first-order valence-corrected chi connectivity index (χ1v) is 10.9. The Bertz CT molecular complexity index is 760. The number of hydrogen-bond acceptors (Lipinski definition) is 6. The van der Waals surface area contributed by atoms with Crippen LogP contribution in [0.4, 0.5) is 4.39 Å². The first kappa shape index (κ1) is 20.8. The van der Waals surface area contributed by atoms with Crippen molar-refractivity contribution in [3.63, 3.8) is 0 Å². The Morgan fingerprint density at radius 3 is 2.64 bits per heavy atom. The fraction of sp³-hybridized carbons (Fsp3) is 0.550. The van der Waals surface area contributed by atoms with Crippen LogP contribution in [0.15, 0.2) is 29.4 Å². The molecule has 0 radical (unpaired) electrons. The number of ether oxygens (including phenoxy) is 1. The molecule has 2 heterocycles. The van der Waals surface area contributed by atoms with Crippen molar-refractivity contribution in [1.82, 2.24) is 19.7 Å². The van der Waals surface area contributed by atoms with Gasteiger partial charge in [0.2, 0.25) is 0 Å². The Morgan fingerprint density at radius 2 is 1.93 bits per heavy atom. The van der Waals surface area contributed by atoms with Gasteiger partial charge in [-0.2, -0.15) is 0 Å². The molecule has 0 aliphatic carbocycles. The molecule has 3 rings (SSSR count). The van der Waals surface area contributed by atoms with Crippen LogP contribution < -0.4 is 0 Å². The van der Waals surface area contributed by atoms with Crippen molar-refractivity contribution in [3.05, 3.63) is 35.9 Å². The highest BCUT2D eigenvalue weighted by Crippen LogP contribution is 2.24. The number of thioether (sulfide) groups is 1. The fourth-order valence-corrected chi connectivity index (χ4v) is 4.19. The lowest BCUT2D eigenvalue weighted by Gasteiger charge is -2.26. The van der Waals surface area contributed by atoms with Crippen LogP contribution in [0.5, 0.6) is 0 Å². The fourth-order valence-electron chi connectivity index (χ4n) is 3.28. The minimum atomic E-state index is -0.266. The molecule has 0 spiro atoms. The molecule has 1 saturated heterocycles. The topological polar surface area (TPSA) is 60.2 Å². The van der Waals surface area contributed by atoms with Gasteiger partial charge >= 0.3 is 5.97 Å². The number of hydrogen-bond donors (Lipinski definition) is 0. The van der Waals surface area contributed by atoms with Crippen molar-refractivity contribution >= 4 is 17.7 Å². The standard InChI is InChI=1S/C20H27FN4O2S/c1-2-27-19(26)7-6-14-28-20-23-22-18(15-24-12-4-3-5-13-24)25(20)17-10-8-16(21)9-11-17/h8-11H,2-7,12-15H2,1H3. The van der Waals surface area contributed by atoms with E-state index in [4.69, 9.17) is 4.74 Å². The van der Waals surface area contributed by atoms with E-state index in [0.29, 0.717) is 19.4 Å². The third-order valence-electron chi connectivity index (χ3n) is 4.66. The minimum Gasteiger partial charge on any atom is -0.466 e. The van der Waals surface area contributed by atoms with E-state index in [9.17, 15) is 9.18 Å². The summed E-state index contributed by atoms with van der Waals surface area (Å²) in [6.45, 7) is 5.08. The van der Waals surface area contributed by atoms with Crippen molar-refractivity contribution in [2.24, 2.45) is 0 Å². The van der Waals surface area contributed by atoms with Crippen LogP contribution in [0, 0.1) is 5.82 Å². The van der Waals surface area contributed by atoms with Crippen LogP contribution in [0.1, 0.15) is 44.9 Å². The molecule has 0 saturated carbocycles. The Hall–Kier alpha value is -1.93. The Labute approximate surface area is 169 Å². The number of piperidine rings is 1. The Morgan fingerprint density at radius 1 is 1.18 bits per heavy atom. The number of likely N-dealkylation sites (tertiary alicyclic amines) is 1. The van der Waals surface area contributed by atoms with E-state index in [2.05, 4.69) is 15.1 Å². The molecular formula is C20H27FN4O2S. The van der Waals surface area contributed by atoms with Crippen molar-refractivity contribution in [2.75, 3.05) is 25.4 Å². The van der Waals surface area contributed by atoms with Gasteiger partial charge in [0.1, 0.15) is 5.82 Å². The SMILES string of the molecule is CCOC(=O)CCCSc1nnc(CN2CCCCC2)n1-c1ccc(F)cc1. The summed E-state index contributed by atoms with van der Waals surface area (Å²) in [7, 11) is 0. The lowest BCUT2D eigenvalue weighted by atomic mass is 10.1. The molecule has 6 nitrogen and oxygen atoms in total. The van der Waals surface area contributed by atoms with Crippen LogP contribution in [-0.4, -0.2) is 51.1 Å². The van der Waals surface area contributed by atoms with Gasteiger partial charge in [-0.25, -0.2) is 4.39 Å². The van der Waals surface area contributed by atoms with E-state index < -0.39 is 0 Å². The number of benzene rings is 1. The zero-order valence-corrected chi connectivity index (χ0v) is 17.1. The molecule has 28 heavy (non-hydrogen) atoms. The summed E-state index contributed by atoms with van der Waals surface area (Å²) in [5.74, 6) is 1.16. The lowest BCUT2D eigenvalue weighted by molar-refractivity contribution is -0.143. The normalized spacial score (nSPS) is 14.9. The highest BCUT2D eigenvalue weighted by atomic mass is 32.2. The molecule has 0 N–H and O–H groups in total. The zero-order valence-electron chi connectivity index (χ0n) is 16.3. The minimum absolute atomic E-state index is 0.172. The molecule has 0 atom stereocenters. The molecular weight excluding hydrogens is 379 g/mol. The Balaban J connectivity index is 1.71. The van der Waals surface area contributed by atoms with Gasteiger partial charge in [0, 0.05) is 17.9 Å². The van der Waals surface area contributed by atoms with Crippen molar-refractivity contribution < 1.29 is 13.9 Å². The maximum atomic E-state index is 13.4. The molecule has 152 valence electrons. The number of rotatable bonds is 9. The third kappa shape index (κ3) is 5.78. The molecule has 0 bridgehead atoms. The lowest BCUT2D eigenvalue weighted by Crippen LogP contribution is -2.30. The summed E-state index contributed by atoms with van der Waals surface area (Å²) in [6.07, 6.45) is 4.80. The summed E-state index contributed by atoms with van der Waals surface area (Å²) in [4.78, 5) is 13.9. The molecule has 0 unspecified atom stereocenters. The van der Waals surface area contributed by atoms with E-state index in [1.165, 1.54) is 31.4 Å². The van der Waals surface area contributed by atoms with E-state index >= 15 is 0 Å². The van der Waals surface area contributed by atoms with Gasteiger partial charge in [-0.1, -0.05) is 18.2 Å². The second-order valence-electron chi connectivity index (χ2n) is 6.80. The maximum Gasteiger partial charge on any atom is 0.305 e. The summed E-state index contributed by atoms with van der Waals surface area (Å²) in [5.41, 5.74) is 0.853. The molecule has 1 aromatic carbocycles. The first-order chi connectivity index (χ1) is 13.7. The van der Waals surface area contributed by atoms with Crippen LogP contribution in [0.3, 0.4) is 0 Å². The first-order valence-electron chi connectivity index (χ1n) is 9.88. The van der Waals surface area contributed by atoms with E-state index in [1.807, 2.05) is 11.5 Å². The summed E-state index contributed by atoms with van der Waals surface area (Å²) < 4.78 is 20.4. The molecule has 1 fully saturated rings. The summed E-state index contributed by atoms with van der Waals surface area (Å²) >= 11 is 1.56. The van der Waals surface area contributed by atoms with Crippen molar-refractivity contribution in [2.45, 2.75) is 50.7 Å². The van der Waals surface area contributed by atoms with Crippen LogP contribution >= 0.6 is 11.8 Å². The average Bonchev–Trinajstić information content (AvgIpc) is 3.09. The molecule has 0 amide bonds. The smallest absolute Gasteiger partial charge is 0.305 e. The summed E-state index contributed by atoms with van der Waals surface area (Å²) in [5, 5.41) is 9.56. The van der Waals surface area contributed by atoms with Gasteiger partial charge in [0.25, 0.3) is 0 Å². The highest BCUT2D eigenvalue weighted by Gasteiger charge is 2.19. The van der Waals surface area contributed by atoms with Gasteiger partial charge in [0.15, 0.2) is 11.0 Å². The largest absolute Gasteiger partial charge is 0.466 e. The number of nitrogens with zero attached hydrogens (tertiary/aromatic N) is 4. The number of aromatic nitrogens is 3. The monoisotopic (exact) mass is 406 g/mol. The van der Waals surface area contributed by atoms with Crippen molar-refractivity contribution in [3.8, 4) is 5.69 Å². The molecule has 2 aromatic rings. The third-order valence-corrected chi connectivity index (χ3v) is 5.68. The second-order valence-corrected chi connectivity index (χ2v) is 7.87. The van der Waals surface area contributed by atoms with E-state index in [0.717, 1.165) is 42.1 Å². The van der Waals surface area contributed by atoms with E-state index in [1.54, 1.807) is 23.9 Å². The predicted molar refractivity (Wildman–Crippen MR) is 107 cm³/mol. The number of carbonyl (C=O) groups is 1. The molecule has 1 aliphatic rings. The van der Waals surface area contributed by atoms with Crippen LogP contribution in [-0.2, 0) is 16.1 Å². The maximum absolute atomic E-state index is 13.4. The number of esters is 1. The van der Waals surface area contributed by atoms with Gasteiger partial charge < -0.3 is 4.74 Å². The predicted octanol–water partition coefficient (Wildman–Crippen LogP) is 3.83. The van der Waals surface area contributed by atoms with Gasteiger partial charge in [-0.05, 0) is 63.5 Å². The second kappa shape index (κ2) is 10.6. The summed E-state index contributed by atoms with van der Waals surface area (Å²) in [6, 6.07) is 6.41. The van der Waals surface area contributed by atoms with Crippen LogP contribution in [0.2, 0.25) is 0 Å². The Kier molecular flexibility index (Phi) is 7.85. The zero-order chi connectivity index (χ0) is 19.8. The van der Waals surface area contributed by atoms with Crippen LogP contribution in [0.25, 0.3) is 5.69 Å². The highest BCUT2D eigenvalue weighted by molar-refractivity contribution is 7.99. The molecule has 8 heteroatoms. The van der Waals surface area contributed by atoms with Gasteiger partial charge in [0.05, 0.1) is 13.2 Å². The molecule has 1 aromatic heterocycles. The molecule has 1 aliphatic heterocycles. The van der Waals surface area contributed by atoms with Gasteiger partial charge in [-0.3, -0.25) is 14.3 Å². The van der Waals surface area contributed by atoms with Gasteiger partial charge in [-0.15, -0.1) is 10.2 Å². The average molecular weight is 407 g/mol. The quantitative estimate of drug-likeness (QED) is 0.358. The number of carbonyl (C=O) groups excluding carboxylic acids is 1. The van der Waals surface area contributed by atoms with Crippen molar-refractivity contribution in [1.29, 1.82) is 0 Å².